The summed E-state index contributed by atoms with van der Waals surface area (Å²) in [6.07, 6.45) is 1.05. The molecule has 0 bridgehead atoms. The molecule has 2 aromatic rings. The van der Waals surface area contributed by atoms with Crippen LogP contribution >= 0.6 is 0 Å². The van der Waals surface area contributed by atoms with Gasteiger partial charge in [0.05, 0.1) is 5.75 Å². The quantitative estimate of drug-likeness (QED) is 0.454. The summed E-state index contributed by atoms with van der Waals surface area (Å²) < 4.78 is 48.3. The Balaban J connectivity index is 1.02. The highest BCUT2D eigenvalue weighted by Gasteiger charge is 2.41. The molecule has 14 heteroatoms. The maximum atomic E-state index is 14.7. The third-order valence-corrected chi connectivity index (χ3v) is 11.1. The van der Waals surface area contributed by atoms with Crippen LogP contribution in [0.4, 0.5) is 14.9 Å². The molecule has 4 aliphatic rings. The Morgan fingerprint density at radius 2 is 1.67 bits per heavy atom. The Labute approximate surface area is 261 Å². The number of imide groups is 1. The highest BCUT2D eigenvalue weighted by molar-refractivity contribution is 7.89. The van der Waals surface area contributed by atoms with Gasteiger partial charge in [0.1, 0.15) is 18.5 Å². The zero-order valence-corrected chi connectivity index (χ0v) is 25.6. The van der Waals surface area contributed by atoms with Crippen molar-refractivity contribution in [2.45, 2.75) is 44.9 Å². The molecule has 0 aromatic heterocycles. The summed E-state index contributed by atoms with van der Waals surface area (Å²) in [6, 6.07) is 11.1. The molecule has 4 amide bonds. The van der Waals surface area contributed by atoms with E-state index in [0.29, 0.717) is 50.3 Å². The van der Waals surface area contributed by atoms with Gasteiger partial charge in [-0.05, 0) is 42.9 Å². The lowest BCUT2D eigenvalue weighted by Gasteiger charge is -2.37. The first kappa shape index (κ1) is 31.0. The van der Waals surface area contributed by atoms with Crippen LogP contribution in [0.2, 0.25) is 0 Å². The molecule has 45 heavy (non-hydrogen) atoms. The van der Waals surface area contributed by atoms with Gasteiger partial charge in [0.25, 0.3) is 5.91 Å². The third kappa shape index (κ3) is 6.66. The molecule has 4 heterocycles. The van der Waals surface area contributed by atoms with Gasteiger partial charge < -0.3 is 19.4 Å². The van der Waals surface area contributed by atoms with Gasteiger partial charge in [-0.25, -0.2) is 17.6 Å². The first-order valence-electron chi connectivity index (χ1n) is 15.2. The lowest BCUT2D eigenvalue weighted by molar-refractivity contribution is -0.136. The number of hydrogen-bond acceptors (Lipinski definition) is 8. The summed E-state index contributed by atoms with van der Waals surface area (Å²) in [7, 11) is -3.57. The highest BCUT2D eigenvalue weighted by Crippen LogP contribution is 2.36. The number of piperazine rings is 1. The van der Waals surface area contributed by atoms with Gasteiger partial charge in [0.2, 0.25) is 21.8 Å². The van der Waals surface area contributed by atoms with E-state index in [1.54, 1.807) is 4.90 Å². The number of nitrogens with zero attached hydrogens (tertiary/aromatic N) is 4. The van der Waals surface area contributed by atoms with Gasteiger partial charge in [0, 0.05) is 69.0 Å². The number of benzene rings is 2. The standard InChI is InChI=1S/C31H36FN5O7S/c32-23-16-24-25(18-37(30(24)40)26-6-7-28(38)33-29(26)39)27(17-23)34-12-14-36(15-13-34)45(42,43)20-22-8-10-35(11-9-22)31(41)44-19-21-4-2-1-3-5-21/h1-5,16-17,22,26H,6-15,18-20H2,(H,33,38,39). The number of amides is 4. The molecule has 2 aromatic carbocycles. The predicted molar refractivity (Wildman–Crippen MR) is 161 cm³/mol. The molecule has 3 fully saturated rings. The summed E-state index contributed by atoms with van der Waals surface area (Å²) in [4.78, 5) is 54.6. The number of carbonyl (C=O) groups is 4. The zero-order valence-electron chi connectivity index (χ0n) is 24.8. The zero-order chi connectivity index (χ0) is 31.7. The topological polar surface area (TPSA) is 137 Å². The maximum absolute atomic E-state index is 14.7. The van der Waals surface area contributed by atoms with Crippen molar-refractivity contribution in [1.82, 2.24) is 19.4 Å². The second-order valence-electron chi connectivity index (χ2n) is 12.0. The summed E-state index contributed by atoms with van der Waals surface area (Å²) in [6.45, 7) is 2.20. The van der Waals surface area contributed by atoms with Crippen LogP contribution in [0.15, 0.2) is 42.5 Å². The molecule has 6 rings (SSSR count). The average Bonchev–Trinajstić information content (AvgIpc) is 3.35. The normalized spacial score (nSPS) is 21.6. The number of carbonyl (C=O) groups excluding carboxylic acids is 4. The molecule has 1 unspecified atom stereocenters. The van der Waals surface area contributed by atoms with Crippen molar-refractivity contribution in [3.63, 3.8) is 0 Å². The Hall–Kier alpha value is -4.04. The van der Waals surface area contributed by atoms with E-state index in [0.717, 1.165) is 5.56 Å². The number of hydrogen-bond donors (Lipinski definition) is 1. The van der Waals surface area contributed by atoms with Crippen LogP contribution in [-0.2, 0) is 37.5 Å². The van der Waals surface area contributed by atoms with Crippen LogP contribution in [0.1, 0.15) is 47.2 Å². The molecule has 4 aliphatic heterocycles. The van der Waals surface area contributed by atoms with Crippen molar-refractivity contribution in [2.75, 3.05) is 49.9 Å². The highest BCUT2D eigenvalue weighted by atomic mass is 32.2. The summed E-state index contributed by atoms with van der Waals surface area (Å²) in [5.41, 5.74) is 2.18. The van der Waals surface area contributed by atoms with E-state index in [1.807, 2.05) is 35.2 Å². The minimum absolute atomic E-state index is 0.00924. The Morgan fingerprint density at radius 1 is 0.956 bits per heavy atom. The largest absolute Gasteiger partial charge is 0.445 e. The molecule has 1 atom stereocenters. The van der Waals surface area contributed by atoms with Gasteiger partial charge in [-0.1, -0.05) is 30.3 Å². The Kier molecular flexibility index (Phi) is 8.78. The number of piperidine rings is 2. The van der Waals surface area contributed by atoms with E-state index in [2.05, 4.69) is 5.32 Å². The van der Waals surface area contributed by atoms with E-state index in [1.165, 1.54) is 21.3 Å². The van der Waals surface area contributed by atoms with Gasteiger partial charge in [0.15, 0.2) is 0 Å². The van der Waals surface area contributed by atoms with Crippen molar-refractivity contribution in [2.24, 2.45) is 5.92 Å². The minimum Gasteiger partial charge on any atom is -0.445 e. The number of ether oxygens (including phenoxy) is 1. The number of rotatable bonds is 7. The van der Waals surface area contributed by atoms with Gasteiger partial charge >= 0.3 is 6.09 Å². The fraction of sp³-hybridized carbons (Fsp3) is 0.484. The van der Waals surface area contributed by atoms with Gasteiger partial charge in [-0.15, -0.1) is 0 Å². The van der Waals surface area contributed by atoms with Crippen LogP contribution in [-0.4, -0.2) is 97.4 Å². The van der Waals surface area contributed by atoms with E-state index < -0.39 is 39.8 Å². The SMILES string of the molecule is O=C1CCC(N2Cc3c(cc(F)cc3N3CCN(S(=O)(=O)CC4CCN(C(=O)OCc5ccccc5)CC4)CC3)C2=O)C(=O)N1. The number of halogens is 1. The molecule has 0 radical (unpaired) electrons. The van der Waals surface area contributed by atoms with Crippen molar-refractivity contribution in [1.29, 1.82) is 0 Å². The molecule has 240 valence electrons. The lowest BCUT2D eigenvalue weighted by Crippen LogP contribution is -2.52. The van der Waals surface area contributed by atoms with Crippen LogP contribution in [0.5, 0.6) is 0 Å². The van der Waals surface area contributed by atoms with Crippen molar-refractivity contribution in [3.05, 3.63) is 65.0 Å². The van der Waals surface area contributed by atoms with Gasteiger partial charge in [-0.2, -0.15) is 4.31 Å². The number of likely N-dealkylation sites (tertiary alicyclic amines) is 1. The molecule has 1 N–H and O–H groups in total. The average molecular weight is 642 g/mol. The van der Waals surface area contributed by atoms with Crippen LogP contribution in [0.25, 0.3) is 0 Å². The smallest absolute Gasteiger partial charge is 0.410 e. The van der Waals surface area contributed by atoms with E-state index >= 15 is 0 Å². The fourth-order valence-corrected chi connectivity index (χ4v) is 8.45. The summed E-state index contributed by atoms with van der Waals surface area (Å²) in [5, 5.41) is 2.27. The monoisotopic (exact) mass is 641 g/mol. The molecule has 0 saturated carbocycles. The van der Waals surface area contributed by atoms with Crippen molar-refractivity contribution >= 4 is 39.5 Å². The fourth-order valence-electron chi connectivity index (χ4n) is 6.59. The van der Waals surface area contributed by atoms with Crippen LogP contribution in [0, 0.1) is 11.7 Å². The Morgan fingerprint density at radius 3 is 2.36 bits per heavy atom. The third-order valence-electron chi connectivity index (χ3n) is 9.09. The van der Waals surface area contributed by atoms with Crippen molar-refractivity contribution in [3.8, 4) is 0 Å². The number of anilines is 1. The predicted octanol–water partition coefficient (Wildman–Crippen LogP) is 2.09. The first-order chi connectivity index (χ1) is 21.6. The van der Waals surface area contributed by atoms with E-state index in [9.17, 15) is 32.0 Å². The summed E-state index contributed by atoms with van der Waals surface area (Å²) >= 11 is 0. The second-order valence-corrected chi connectivity index (χ2v) is 14.0. The first-order valence-corrected chi connectivity index (χ1v) is 16.9. The lowest BCUT2D eigenvalue weighted by atomic mass is 9.99. The molecule has 12 nitrogen and oxygen atoms in total. The number of fused-ring (bicyclic) bond motifs is 1. The second kappa shape index (κ2) is 12.8. The number of nitrogens with one attached hydrogen (secondary N) is 1. The molecule has 0 spiro atoms. The van der Waals surface area contributed by atoms with Crippen LogP contribution < -0.4 is 10.2 Å². The van der Waals surface area contributed by atoms with Gasteiger partial charge in [-0.3, -0.25) is 19.7 Å². The maximum Gasteiger partial charge on any atom is 0.410 e. The van der Waals surface area contributed by atoms with Crippen LogP contribution in [0.3, 0.4) is 0 Å². The molecule has 0 aliphatic carbocycles. The van der Waals surface area contributed by atoms with E-state index in [-0.39, 0.29) is 62.2 Å². The number of sulfonamides is 1. The summed E-state index contributed by atoms with van der Waals surface area (Å²) in [5.74, 6) is -2.07. The Bertz CT molecular complexity index is 1590. The molecule has 3 saturated heterocycles. The molecular weight excluding hydrogens is 605 g/mol. The minimum atomic E-state index is -3.57. The molecular formula is C31H36FN5O7S. The van der Waals surface area contributed by atoms with E-state index in [4.69, 9.17) is 4.74 Å². The van der Waals surface area contributed by atoms with Crippen molar-refractivity contribution < 1.29 is 36.7 Å².